The molecule has 11 heteroatoms. The molecule has 0 spiro atoms. The summed E-state index contributed by atoms with van der Waals surface area (Å²) in [6.45, 7) is 6.45. The normalized spacial score (nSPS) is 13.3. The van der Waals surface area contributed by atoms with Crippen molar-refractivity contribution in [2.24, 2.45) is 0 Å². The largest absolute Gasteiger partial charge is 0.456 e. The zero-order chi connectivity index (χ0) is 27.2. The van der Waals surface area contributed by atoms with Gasteiger partial charge in [0.05, 0.1) is 5.69 Å². The molecule has 11 nitrogen and oxygen atoms in total. The number of hydrogen-bond donors (Lipinski definition) is 1. The molecule has 200 valence electrons. The van der Waals surface area contributed by atoms with Gasteiger partial charge in [-0.25, -0.2) is 9.97 Å². The van der Waals surface area contributed by atoms with Crippen LogP contribution in [-0.2, 0) is 20.9 Å². The molecule has 0 unspecified atom stereocenters. The summed E-state index contributed by atoms with van der Waals surface area (Å²) in [7, 11) is 0. The number of rotatable bonds is 8. The highest BCUT2D eigenvalue weighted by Gasteiger charge is 2.22. The number of nitrogens with one attached hydrogen (secondary N) is 1. The van der Waals surface area contributed by atoms with E-state index in [1.54, 1.807) is 23.5 Å². The maximum absolute atomic E-state index is 12.2. The lowest BCUT2D eigenvalue weighted by Crippen LogP contribution is -2.49. The summed E-state index contributed by atoms with van der Waals surface area (Å²) in [6, 6.07) is 13.8. The van der Waals surface area contributed by atoms with Gasteiger partial charge in [0.2, 0.25) is 5.95 Å². The summed E-state index contributed by atoms with van der Waals surface area (Å²) in [4.78, 5) is 40.5. The lowest BCUT2D eigenvalue weighted by Gasteiger charge is -2.36. The summed E-state index contributed by atoms with van der Waals surface area (Å²) in [5, 5.41) is 8.02. The van der Waals surface area contributed by atoms with Crippen molar-refractivity contribution in [3.05, 3.63) is 67.3 Å². The monoisotopic (exact) mass is 526 g/mol. The molecule has 5 rings (SSSR count). The van der Waals surface area contributed by atoms with E-state index >= 15 is 0 Å². The van der Waals surface area contributed by atoms with Crippen LogP contribution < -0.4 is 10.2 Å². The average molecular weight is 527 g/mol. The van der Waals surface area contributed by atoms with Crippen LogP contribution in [0.25, 0.3) is 22.5 Å². The van der Waals surface area contributed by atoms with Crippen LogP contribution in [-0.4, -0.2) is 74.3 Å². The molecule has 3 aromatic heterocycles. The smallest absolute Gasteiger partial charge is 0.303 e. The molecule has 0 aliphatic carbocycles. The van der Waals surface area contributed by atoms with E-state index in [1.165, 1.54) is 6.92 Å². The van der Waals surface area contributed by atoms with Gasteiger partial charge in [-0.15, -0.1) is 0 Å². The Morgan fingerprint density at radius 3 is 2.51 bits per heavy atom. The maximum atomic E-state index is 12.2. The predicted molar refractivity (Wildman–Crippen MR) is 147 cm³/mol. The van der Waals surface area contributed by atoms with Gasteiger partial charge in [-0.2, -0.15) is 5.10 Å². The highest BCUT2D eigenvalue weighted by Crippen LogP contribution is 2.30. The van der Waals surface area contributed by atoms with E-state index in [0.29, 0.717) is 32.1 Å². The summed E-state index contributed by atoms with van der Waals surface area (Å²) in [5.74, 6) is -0.127. The number of amides is 1. The molecule has 1 N–H and O–H groups in total. The number of anilines is 3. The number of aryl methyl sites for hydroxylation is 1. The fourth-order valence-corrected chi connectivity index (χ4v) is 4.41. The first-order valence-electron chi connectivity index (χ1n) is 12.8. The first-order valence-corrected chi connectivity index (χ1v) is 12.8. The van der Waals surface area contributed by atoms with E-state index in [0.717, 1.165) is 40.4 Å². The number of piperazine rings is 1. The van der Waals surface area contributed by atoms with Crippen LogP contribution in [0.2, 0.25) is 0 Å². The molecule has 1 saturated heterocycles. The average Bonchev–Trinajstić information content (AvgIpc) is 3.42. The Kier molecular flexibility index (Phi) is 7.76. The number of pyridine rings is 1. The Bertz CT molecular complexity index is 1430. The van der Waals surface area contributed by atoms with E-state index < -0.39 is 5.97 Å². The first kappa shape index (κ1) is 25.8. The van der Waals surface area contributed by atoms with Crippen LogP contribution in [0.4, 0.5) is 17.3 Å². The van der Waals surface area contributed by atoms with Crippen molar-refractivity contribution in [1.29, 1.82) is 0 Å². The topological polar surface area (TPSA) is 118 Å². The van der Waals surface area contributed by atoms with Gasteiger partial charge in [0, 0.05) is 86.9 Å². The molecule has 4 heterocycles. The first-order chi connectivity index (χ1) is 19.0. The van der Waals surface area contributed by atoms with Crippen molar-refractivity contribution in [1.82, 2.24) is 29.6 Å². The highest BCUT2D eigenvalue weighted by atomic mass is 16.5. The summed E-state index contributed by atoms with van der Waals surface area (Å²) < 4.78 is 6.72. The molecule has 0 saturated carbocycles. The van der Waals surface area contributed by atoms with Gasteiger partial charge in [-0.3, -0.25) is 19.3 Å². The van der Waals surface area contributed by atoms with E-state index in [1.807, 2.05) is 60.3 Å². The van der Waals surface area contributed by atoms with Crippen molar-refractivity contribution < 1.29 is 14.3 Å². The minimum atomic E-state index is -0.449. The number of esters is 1. The standard InChI is InChI=1S/C28H30N8O3/c1-3-36-18-24(27(33-36)21-5-4-11-29-17-21)25-10-12-30-28(32-25)31-22-6-8-23(9-7-22)34-13-15-35(16-14-34)26(38)19-39-20(2)37/h4-12,17-18H,3,13-16,19H2,1-2H3,(H,30,31,32). The second kappa shape index (κ2) is 11.7. The molecule has 1 aliphatic heterocycles. The van der Waals surface area contributed by atoms with Crippen LogP contribution >= 0.6 is 0 Å². The van der Waals surface area contributed by atoms with Crippen LogP contribution in [0.3, 0.4) is 0 Å². The molecule has 39 heavy (non-hydrogen) atoms. The van der Waals surface area contributed by atoms with E-state index in [-0.39, 0.29) is 12.5 Å². The van der Waals surface area contributed by atoms with Crippen LogP contribution in [0.15, 0.2) is 67.3 Å². The van der Waals surface area contributed by atoms with Gasteiger partial charge in [0.15, 0.2) is 6.61 Å². The molecular formula is C28H30N8O3. The van der Waals surface area contributed by atoms with E-state index in [9.17, 15) is 9.59 Å². The van der Waals surface area contributed by atoms with Crippen molar-refractivity contribution in [3.8, 4) is 22.5 Å². The minimum absolute atomic E-state index is 0.166. The Hall–Kier alpha value is -4.80. The Balaban J connectivity index is 1.24. The number of carbonyl (C=O) groups is 2. The van der Waals surface area contributed by atoms with Crippen LogP contribution in [0.1, 0.15) is 13.8 Å². The number of nitrogens with zero attached hydrogens (tertiary/aromatic N) is 7. The quantitative estimate of drug-likeness (QED) is 0.345. The Morgan fingerprint density at radius 2 is 1.82 bits per heavy atom. The third-order valence-electron chi connectivity index (χ3n) is 6.47. The molecule has 0 radical (unpaired) electrons. The summed E-state index contributed by atoms with van der Waals surface area (Å²) >= 11 is 0. The Labute approximate surface area is 226 Å². The van der Waals surface area contributed by atoms with Gasteiger partial charge in [0.1, 0.15) is 5.69 Å². The summed E-state index contributed by atoms with van der Waals surface area (Å²) in [6.07, 6.45) is 7.27. The number of aromatic nitrogens is 5. The number of benzene rings is 1. The molecule has 1 amide bonds. The molecular weight excluding hydrogens is 496 g/mol. The SMILES string of the molecule is CCn1cc(-c2ccnc(Nc3ccc(N4CCN(C(=O)COC(C)=O)CC4)cc3)n2)c(-c2cccnc2)n1. The molecule has 4 aromatic rings. The highest BCUT2D eigenvalue weighted by molar-refractivity contribution is 5.80. The number of hydrogen-bond acceptors (Lipinski definition) is 9. The van der Waals surface area contributed by atoms with E-state index in [4.69, 9.17) is 14.8 Å². The maximum Gasteiger partial charge on any atom is 0.303 e. The summed E-state index contributed by atoms with van der Waals surface area (Å²) in [5.41, 5.74) is 5.36. The Morgan fingerprint density at radius 1 is 1.03 bits per heavy atom. The molecule has 0 atom stereocenters. The van der Waals surface area contributed by atoms with Crippen molar-refractivity contribution >= 4 is 29.2 Å². The van der Waals surface area contributed by atoms with Crippen molar-refractivity contribution in [2.45, 2.75) is 20.4 Å². The third kappa shape index (κ3) is 6.20. The lowest BCUT2D eigenvalue weighted by atomic mass is 10.1. The zero-order valence-corrected chi connectivity index (χ0v) is 21.9. The van der Waals surface area contributed by atoms with Gasteiger partial charge >= 0.3 is 5.97 Å². The van der Waals surface area contributed by atoms with Crippen molar-refractivity contribution in [2.75, 3.05) is 43.0 Å². The molecule has 1 aromatic carbocycles. The molecule has 1 fully saturated rings. The van der Waals surface area contributed by atoms with Gasteiger partial charge in [-0.05, 0) is 49.4 Å². The lowest BCUT2D eigenvalue weighted by molar-refractivity contribution is -0.150. The van der Waals surface area contributed by atoms with E-state index in [2.05, 4.69) is 20.2 Å². The third-order valence-corrected chi connectivity index (χ3v) is 6.47. The van der Waals surface area contributed by atoms with Crippen LogP contribution in [0.5, 0.6) is 0 Å². The molecule has 1 aliphatic rings. The predicted octanol–water partition coefficient (Wildman–Crippen LogP) is 3.38. The van der Waals surface area contributed by atoms with Gasteiger partial charge in [-0.1, -0.05) is 0 Å². The van der Waals surface area contributed by atoms with Crippen molar-refractivity contribution in [3.63, 3.8) is 0 Å². The fourth-order valence-electron chi connectivity index (χ4n) is 4.41. The van der Waals surface area contributed by atoms with Crippen LogP contribution in [0, 0.1) is 0 Å². The fraction of sp³-hybridized carbons (Fsp3) is 0.286. The number of carbonyl (C=O) groups excluding carboxylic acids is 2. The second-order valence-electron chi connectivity index (χ2n) is 9.07. The molecule has 0 bridgehead atoms. The minimum Gasteiger partial charge on any atom is -0.456 e. The van der Waals surface area contributed by atoms with Gasteiger partial charge < -0.3 is 19.9 Å². The number of ether oxygens (including phenoxy) is 1. The zero-order valence-electron chi connectivity index (χ0n) is 21.9. The van der Waals surface area contributed by atoms with Gasteiger partial charge in [0.25, 0.3) is 5.91 Å². The second-order valence-corrected chi connectivity index (χ2v) is 9.07.